The fourth-order valence-corrected chi connectivity index (χ4v) is 1.10. The first kappa shape index (κ1) is 8.73. The van der Waals surface area contributed by atoms with E-state index in [0.29, 0.717) is 0 Å². The van der Waals surface area contributed by atoms with Crippen LogP contribution in [0.15, 0.2) is 18.5 Å². The second kappa shape index (κ2) is 4.50. The number of aryl methyl sites for hydroxylation is 1. The second-order valence-electron chi connectivity index (χ2n) is 2.75. The third kappa shape index (κ3) is 2.06. The van der Waals surface area contributed by atoms with E-state index < -0.39 is 0 Å². The summed E-state index contributed by atoms with van der Waals surface area (Å²) in [6.45, 7) is 2.14. The van der Waals surface area contributed by atoms with Gasteiger partial charge in [-0.3, -0.25) is 4.98 Å². The van der Waals surface area contributed by atoms with Crippen LogP contribution in [-0.4, -0.2) is 4.98 Å². The summed E-state index contributed by atoms with van der Waals surface area (Å²) in [5.41, 5.74) is 1.83. The van der Waals surface area contributed by atoms with Gasteiger partial charge in [-0.25, -0.2) is 0 Å². The van der Waals surface area contributed by atoms with Crippen LogP contribution in [0.5, 0.6) is 0 Å². The molecule has 1 rings (SSSR count). The minimum absolute atomic E-state index is 0.762. The fraction of sp³-hybridized carbons (Fsp3) is 0.400. The third-order valence-electron chi connectivity index (χ3n) is 1.82. The van der Waals surface area contributed by atoms with Crippen molar-refractivity contribution in [3.05, 3.63) is 29.6 Å². The first-order chi connectivity index (χ1) is 5.88. The number of hydrogen-bond acceptors (Lipinski definition) is 2. The Labute approximate surface area is 72.9 Å². The standard InChI is InChI=1S/C10H12N2/c1-2-3-4-10-8-12-6-5-9(10)7-11/h5-6,8H,2-4H2,1H3. The quantitative estimate of drug-likeness (QED) is 0.680. The van der Waals surface area contributed by atoms with Crippen LogP contribution in [0.3, 0.4) is 0 Å². The minimum Gasteiger partial charge on any atom is -0.264 e. The molecule has 0 aliphatic heterocycles. The van der Waals surface area contributed by atoms with E-state index in [0.717, 1.165) is 30.4 Å². The average Bonchev–Trinajstić information content (AvgIpc) is 2.15. The molecule has 0 aliphatic carbocycles. The zero-order chi connectivity index (χ0) is 8.81. The highest BCUT2D eigenvalue weighted by Crippen LogP contribution is 2.08. The van der Waals surface area contributed by atoms with Crippen molar-refractivity contribution in [1.29, 1.82) is 5.26 Å². The molecular formula is C10H12N2. The Morgan fingerprint density at radius 1 is 1.58 bits per heavy atom. The zero-order valence-electron chi connectivity index (χ0n) is 7.25. The van der Waals surface area contributed by atoms with Crippen molar-refractivity contribution >= 4 is 0 Å². The molecule has 0 bridgehead atoms. The summed E-state index contributed by atoms with van der Waals surface area (Å²) in [5, 5.41) is 8.74. The number of aromatic nitrogens is 1. The molecule has 1 heterocycles. The summed E-state index contributed by atoms with van der Waals surface area (Å²) in [6.07, 6.45) is 6.69. The van der Waals surface area contributed by atoms with Gasteiger partial charge in [0.2, 0.25) is 0 Å². The molecule has 0 spiro atoms. The van der Waals surface area contributed by atoms with Crippen LogP contribution in [0, 0.1) is 11.3 Å². The lowest BCUT2D eigenvalue weighted by Crippen LogP contribution is -1.90. The molecule has 0 aromatic carbocycles. The molecule has 62 valence electrons. The van der Waals surface area contributed by atoms with Gasteiger partial charge in [-0.1, -0.05) is 13.3 Å². The highest BCUT2D eigenvalue weighted by atomic mass is 14.6. The van der Waals surface area contributed by atoms with Crippen LogP contribution in [0.4, 0.5) is 0 Å². The van der Waals surface area contributed by atoms with Crippen molar-refractivity contribution in [3.63, 3.8) is 0 Å². The Morgan fingerprint density at radius 3 is 3.08 bits per heavy atom. The van der Waals surface area contributed by atoms with Crippen molar-refractivity contribution in [2.45, 2.75) is 26.2 Å². The molecule has 0 radical (unpaired) electrons. The molecule has 0 fully saturated rings. The largest absolute Gasteiger partial charge is 0.264 e. The van der Waals surface area contributed by atoms with E-state index in [1.54, 1.807) is 18.5 Å². The molecule has 0 saturated heterocycles. The van der Waals surface area contributed by atoms with Gasteiger partial charge in [0.25, 0.3) is 0 Å². The van der Waals surface area contributed by atoms with Gasteiger partial charge in [0.15, 0.2) is 0 Å². The molecule has 0 amide bonds. The van der Waals surface area contributed by atoms with Crippen LogP contribution in [0.1, 0.15) is 30.9 Å². The summed E-state index contributed by atoms with van der Waals surface area (Å²) in [5.74, 6) is 0. The maximum atomic E-state index is 8.74. The van der Waals surface area contributed by atoms with E-state index in [1.807, 2.05) is 0 Å². The van der Waals surface area contributed by atoms with Crippen LogP contribution in [0.25, 0.3) is 0 Å². The summed E-state index contributed by atoms with van der Waals surface area (Å²) in [7, 11) is 0. The average molecular weight is 160 g/mol. The topological polar surface area (TPSA) is 36.7 Å². The van der Waals surface area contributed by atoms with Gasteiger partial charge >= 0.3 is 0 Å². The summed E-state index contributed by atoms with van der Waals surface area (Å²) >= 11 is 0. The van der Waals surface area contributed by atoms with Crippen molar-refractivity contribution < 1.29 is 0 Å². The lowest BCUT2D eigenvalue weighted by atomic mass is 10.1. The second-order valence-corrected chi connectivity index (χ2v) is 2.75. The normalized spacial score (nSPS) is 9.33. The van der Waals surface area contributed by atoms with E-state index in [2.05, 4.69) is 18.0 Å². The highest BCUT2D eigenvalue weighted by molar-refractivity contribution is 5.34. The molecule has 0 unspecified atom stereocenters. The Balaban J connectivity index is 2.77. The van der Waals surface area contributed by atoms with Crippen molar-refractivity contribution in [3.8, 4) is 6.07 Å². The van der Waals surface area contributed by atoms with Gasteiger partial charge in [0, 0.05) is 12.4 Å². The Hall–Kier alpha value is -1.36. The molecule has 0 saturated carbocycles. The maximum Gasteiger partial charge on any atom is 0.0995 e. The van der Waals surface area contributed by atoms with E-state index in [1.165, 1.54) is 0 Å². The lowest BCUT2D eigenvalue weighted by molar-refractivity contribution is 0.790. The molecule has 2 heteroatoms. The maximum absolute atomic E-state index is 8.74. The summed E-state index contributed by atoms with van der Waals surface area (Å²) < 4.78 is 0. The Bertz CT molecular complexity index is 286. The highest BCUT2D eigenvalue weighted by Gasteiger charge is 1.99. The predicted octanol–water partition coefficient (Wildman–Crippen LogP) is 2.30. The van der Waals surface area contributed by atoms with Crippen LogP contribution in [0.2, 0.25) is 0 Å². The first-order valence-corrected chi connectivity index (χ1v) is 4.21. The molecular weight excluding hydrogens is 148 g/mol. The number of unbranched alkanes of at least 4 members (excludes halogenated alkanes) is 1. The van der Waals surface area contributed by atoms with Crippen LogP contribution in [-0.2, 0) is 6.42 Å². The van der Waals surface area contributed by atoms with Gasteiger partial charge in [0.05, 0.1) is 11.6 Å². The molecule has 0 atom stereocenters. The van der Waals surface area contributed by atoms with E-state index in [-0.39, 0.29) is 0 Å². The van der Waals surface area contributed by atoms with Crippen LogP contribution < -0.4 is 0 Å². The van der Waals surface area contributed by atoms with Gasteiger partial charge in [-0.05, 0) is 24.5 Å². The minimum atomic E-state index is 0.762. The molecule has 1 aromatic rings. The SMILES string of the molecule is CCCCc1cnccc1C#N. The molecule has 2 nitrogen and oxygen atoms in total. The monoisotopic (exact) mass is 160 g/mol. The molecule has 0 N–H and O–H groups in total. The van der Waals surface area contributed by atoms with E-state index in [4.69, 9.17) is 5.26 Å². The molecule has 12 heavy (non-hydrogen) atoms. The van der Waals surface area contributed by atoms with Gasteiger partial charge < -0.3 is 0 Å². The Kier molecular flexibility index (Phi) is 3.28. The van der Waals surface area contributed by atoms with Crippen LogP contribution >= 0.6 is 0 Å². The fourth-order valence-electron chi connectivity index (χ4n) is 1.10. The Morgan fingerprint density at radius 2 is 2.42 bits per heavy atom. The lowest BCUT2D eigenvalue weighted by Gasteiger charge is -1.99. The van der Waals surface area contributed by atoms with Crippen molar-refractivity contribution in [2.24, 2.45) is 0 Å². The van der Waals surface area contributed by atoms with Crippen molar-refractivity contribution in [2.75, 3.05) is 0 Å². The number of nitriles is 1. The number of nitrogens with zero attached hydrogens (tertiary/aromatic N) is 2. The first-order valence-electron chi connectivity index (χ1n) is 4.21. The summed E-state index contributed by atoms with van der Waals surface area (Å²) in [4.78, 5) is 4.00. The predicted molar refractivity (Wildman–Crippen MR) is 47.6 cm³/mol. The van der Waals surface area contributed by atoms with Crippen molar-refractivity contribution in [1.82, 2.24) is 4.98 Å². The third-order valence-corrected chi connectivity index (χ3v) is 1.82. The molecule has 1 aromatic heterocycles. The molecule has 0 aliphatic rings. The van der Waals surface area contributed by atoms with Gasteiger partial charge in [-0.2, -0.15) is 5.26 Å². The number of rotatable bonds is 3. The van der Waals surface area contributed by atoms with E-state index in [9.17, 15) is 0 Å². The number of pyridine rings is 1. The van der Waals surface area contributed by atoms with Gasteiger partial charge in [-0.15, -0.1) is 0 Å². The van der Waals surface area contributed by atoms with Gasteiger partial charge in [0.1, 0.15) is 0 Å². The summed E-state index contributed by atoms with van der Waals surface area (Å²) in [6, 6.07) is 3.93. The zero-order valence-corrected chi connectivity index (χ0v) is 7.25. The number of hydrogen-bond donors (Lipinski definition) is 0. The van der Waals surface area contributed by atoms with E-state index >= 15 is 0 Å². The smallest absolute Gasteiger partial charge is 0.0995 e.